The van der Waals surface area contributed by atoms with Gasteiger partial charge in [0.2, 0.25) is 5.89 Å². The van der Waals surface area contributed by atoms with Crippen molar-refractivity contribution in [3.05, 3.63) is 29.3 Å². The van der Waals surface area contributed by atoms with Crippen LogP contribution >= 0.6 is 23.4 Å². The van der Waals surface area contributed by atoms with Crippen LogP contribution < -0.4 is 0 Å². The van der Waals surface area contributed by atoms with Crippen LogP contribution in [0.1, 0.15) is 20.8 Å². The molecule has 0 saturated heterocycles. The molecule has 0 atom stereocenters. The molecule has 1 heterocycles. The number of hydrogen-bond acceptors (Lipinski definition) is 5. The molecule has 6 heteroatoms. The smallest absolute Gasteiger partial charge is 0.276 e. The van der Waals surface area contributed by atoms with E-state index in [0.29, 0.717) is 22.7 Å². The van der Waals surface area contributed by atoms with E-state index < -0.39 is 0 Å². The van der Waals surface area contributed by atoms with Gasteiger partial charge in [0.15, 0.2) is 0 Å². The van der Waals surface area contributed by atoms with Crippen LogP contribution in [-0.4, -0.2) is 28.2 Å². The van der Waals surface area contributed by atoms with Crippen molar-refractivity contribution in [2.45, 2.75) is 31.6 Å². The van der Waals surface area contributed by atoms with Gasteiger partial charge in [0.05, 0.1) is 22.8 Å². The monoisotopic (exact) mass is 312 g/mol. The van der Waals surface area contributed by atoms with E-state index in [-0.39, 0.29) is 5.60 Å². The number of rotatable bonds is 5. The lowest BCUT2D eigenvalue weighted by Crippen LogP contribution is -2.20. The van der Waals surface area contributed by atoms with Crippen molar-refractivity contribution in [2.24, 2.45) is 0 Å². The Morgan fingerprint density at radius 3 is 2.70 bits per heavy atom. The van der Waals surface area contributed by atoms with Crippen LogP contribution in [0.4, 0.5) is 0 Å². The third-order valence-electron chi connectivity index (χ3n) is 2.35. The predicted octanol–water partition coefficient (Wildman–Crippen LogP) is 4.30. The third kappa shape index (κ3) is 4.51. The fourth-order valence-corrected chi connectivity index (χ4v) is 2.28. The van der Waals surface area contributed by atoms with Gasteiger partial charge in [-0.1, -0.05) is 35.5 Å². The number of thioether (sulfide) groups is 1. The predicted molar refractivity (Wildman–Crippen MR) is 81.2 cm³/mol. The molecule has 0 unspecified atom stereocenters. The number of halogens is 1. The highest BCUT2D eigenvalue weighted by Crippen LogP contribution is 2.28. The van der Waals surface area contributed by atoms with E-state index >= 15 is 0 Å². The average molecular weight is 313 g/mol. The molecule has 1 aromatic carbocycles. The van der Waals surface area contributed by atoms with Crippen molar-refractivity contribution in [3.63, 3.8) is 0 Å². The van der Waals surface area contributed by atoms with Crippen LogP contribution in [-0.2, 0) is 4.74 Å². The van der Waals surface area contributed by atoms with Gasteiger partial charge in [-0.05, 0) is 32.9 Å². The first-order valence-electron chi connectivity index (χ1n) is 6.31. The van der Waals surface area contributed by atoms with E-state index in [4.69, 9.17) is 20.8 Å². The molecule has 0 spiro atoms. The van der Waals surface area contributed by atoms with Crippen LogP contribution in [0.3, 0.4) is 0 Å². The zero-order chi connectivity index (χ0) is 14.6. The molecule has 1 aromatic heterocycles. The van der Waals surface area contributed by atoms with Gasteiger partial charge in [-0.15, -0.1) is 10.2 Å². The number of hydrogen-bond donors (Lipinski definition) is 0. The zero-order valence-electron chi connectivity index (χ0n) is 11.7. The lowest BCUT2D eigenvalue weighted by atomic mass is 10.2. The molecule has 108 valence electrons. The van der Waals surface area contributed by atoms with Crippen molar-refractivity contribution in [1.29, 1.82) is 0 Å². The van der Waals surface area contributed by atoms with Crippen molar-refractivity contribution in [2.75, 3.05) is 12.4 Å². The Morgan fingerprint density at radius 1 is 1.25 bits per heavy atom. The zero-order valence-corrected chi connectivity index (χ0v) is 13.3. The molecule has 0 amide bonds. The van der Waals surface area contributed by atoms with E-state index in [1.54, 1.807) is 6.07 Å². The van der Waals surface area contributed by atoms with Crippen LogP contribution in [0.5, 0.6) is 0 Å². The molecule has 0 saturated carbocycles. The minimum Gasteiger partial charge on any atom is -0.411 e. The summed E-state index contributed by atoms with van der Waals surface area (Å²) in [4.78, 5) is 0. The molecule has 0 aliphatic carbocycles. The first-order chi connectivity index (χ1) is 9.46. The van der Waals surface area contributed by atoms with E-state index in [1.807, 2.05) is 39.0 Å². The van der Waals surface area contributed by atoms with Gasteiger partial charge in [-0.2, -0.15) is 0 Å². The molecule has 0 N–H and O–H groups in total. The topological polar surface area (TPSA) is 48.2 Å². The number of ether oxygens (including phenoxy) is 1. The Bertz CT molecular complexity index is 566. The maximum absolute atomic E-state index is 6.09. The summed E-state index contributed by atoms with van der Waals surface area (Å²) >= 11 is 7.56. The van der Waals surface area contributed by atoms with Gasteiger partial charge in [-0.3, -0.25) is 0 Å². The second-order valence-corrected chi connectivity index (χ2v) is 6.62. The first kappa shape index (κ1) is 15.4. The van der Waals surface area contributed by atoms with Crippen LogP contribution in [0, 0.1) is 0 Å². The summed E-state index contributed by atoms with van der Waals surface area (Å²) in [6, 6.07) is 7.40. The molecule has 4 nitrogen and oxygen atoms in total. The minimum absolute atomic E-state index is 0.127. The summed E-state index contributed by atoms with van der Waals surface area (Å²) in [6.45, 7) is 6.72. The third-order valence-corrected chi connectivity index (χ3v) is 3.47. The van der Waals surface area contributed by atoms with Gasteiger partial charge in [0, 0.05) is 5.75 Å². The summed E-state index contributed by atoms with van der Waals surface area (Å²) in [5, 5.41) is 9.14. The van der Waals surface area contributed by atoms with E-state index in [9.17, 15) is 0 Å². The fraction of sp³-hybridized carbons (Fsp3) is 0.429. The van der Waals surface area contributed by atoms with E-state index in [2.05, 4.69) is 10.2 Å². The Hall–Kier alpha value is -1.04. The van der Waals surface area contributed by atoms with Crippen LogP contribution in [0.2, 0.25) is 5.02 Å². The molecular formula is C14H17ClN2O2S. The maximum Gasteiger partial charge on any atom is 0.276 e. The van der Waals surface area contributed by atoms with E-state index in [1.165, 1.54) is 11.8 Å². The highest BCUT2D eigenvalue weighted by atomic mass is 35.5. The molecule has 0 bridgehead atoms. The molecule has 0 aliphatic rings. The first-order valence-corrected chi connectivity index (χ1v) is 7.67. The van der Waals surface area contributed by atoms with Gasteiger partial charge in [0.1, 0.15) is 0 Å². The summed E-state index contributed by atoms with van der Waals surface area (Å²) in [5.74, 6) is 1.20. The second kappa shape index (κ2) is 6.61. The average Bonchev–Trinajstić information content (AvgIpc) is 2.83. The molecule has 0 aliphatic heterocycles. The minimum atomic E-state index is -0.127. The molecule has 20 heavy (non-hydrogen) atoms. The van der Waals surface area contributed by atoms with E-state index in [0.717, 1.165) is 11.3 Å². The molecule has 2 aromatic rings. The van der Waals surface area contributed by atoms with Crippen molar-refractivity contribution < 1.29 is 9.15 Å². The SMILES string of the molecule is CC(C)(C)OCCSc1nnc(-c2ccccc2Cl)o1. The quantitative estimate of drug-likeness (QED) is 0.608. The summed E-state index contributed by atoms with van der Waals surface area (Å²) in [5.41, 5.74) is 0.623. The Labute approximate surface area is 127 Å². The number of aromatic nitrogens is 2. The van der Waals surface area contributed by atoms with Crippen LogP contribution in [0.25, 0.3) is 11.5 Å². The molecule has 0 radical (unpaired) electrons. The summed E-state index contributed by atoms with van der Waals surface area (Å²) < 4.78 is 11.2. The molecule has 2 rings (SSSR count). The van der Waals surface area contributed by atoms with Gasteiger partial charge in [0.25, 0.3) is 5.22 Å². The number of nitrogens with zero attached hydrogens (tertiary/aromatic N) is 2. The van der Waals surface area contributed by atoms with Crippen molar-refractivity contribution in [1.82, 2.24) is 10.2 Å². The standard InChI is InChI=1S/C14H17ClN2O2S/c1-14(2,3)18-8-9-20-13-17-16-12(19-13)10-6-4-5-7-11(10)15/h4-7H,8-9H2,1-3H3. The Balaban J connectivity index is 1.92. The van der Waals surface area contributed by atoms with Crippen LogP contribution in [0.15, 0.2) is 33.9 Å². The molecule has 0 fully saturated rings. The van der Waals surface area contributed by atoms with Gasteiger partial charge < -0.3 is 9.15 Å². The number of benzene rings is 1. The summed E-state index contributed by atoms with van der Waals surface area (Å²) in [7, 11) is 0. The molecular weight excluding hydrogens is 296 g/mol. The highest BCUT2D eigenvalue weighted by Gasteiger charge is 2.13. The fourth-order valence-electron chi connectivity index (χ4n) is 1.49. The van der Waals surface area contributed by atoms with Crippen molar-refractivity contribution in [3.8, 4) is 11.5 Å². The van der Waals surface area contributed by atoms with Crippen molar-refractivity contribution >= 4 is 23.4 Å². The van der Waals surface area contributed by atoms with Gasteiger partial charge in [-0.25, -0.2) is 0 Å². The van der Waals surface area contributed by atoms with Gasteiger partial charge >= 0.3 is 0 Å². The second-order valence-electron chi connectivity index (χ2n) is 5.16. The Morgan fingerprint density at radius 2 is 2.00 bits per heavy atom. The highest BCUT2D eigenvalue weighted by molar-refractivity contribution is 7.99. The summed E-state index contributed by atoms with van der Waals surface area (Å²) in [6.07, 6.45) is 0. The lowest BCUT2D eigenvalue weighted by Gasteiger charge is -2.18. The maximum atomic E-state index is 6.09. The largest absolute Gasteiger partial charge is 0.411 e. The lowest BCUT2D eigenvalue weighted by molar-refractivity contribution is 0.00689. The normalized spacial score (nSPS) is 11.8. The Kier molecular flexibility index (Phi) is 5.07.